The van der Waals surface area contributed by atoms with Gasteiger partial charge in [0.15, 0.2) is 0 Å². The van der Waals surface area contributed by atoms with Crippen LogP contribution in [0.4, 0.5) is 0 Å². The molecule has 3 rings (SSSR count). The van der Waals surface area contributed by atoms with Gasteiger partial charge in [-0.1, -0.05) is 60.3 Å². The molecule has 25 heavy (non-hydrogen) atoms. The predicted octanol–water partition coefficient (Wildman–Crippen LogP) is 3.48. The summed E-state index contributed by atoms with van der Waals surface area (Å²) in [6.07, 6.45) is -1.85. The van der Waals surface area contributed by atoms with E-state index in [1.807, 2.05) is 67.6 Å². The number of ether oxygens (including phenoxy) is 3. The normalized spacial score (nSPS) is 29.5. The molecule has 0 saturated carbocycles. The molecule has 2 aromatic rings. The number of benzene rings is 2. The quantitative estimate of drug-likeness (QED) is 0.855. The Balaban J connectivity index is 1.74. The van der Waals surface area contributed by atoms with E-state index in [4.69, 9.17) is 14.2 Å². The predicted molar refractivity (Wildman–Crippen MR) is 98.5 cm³/mol. The maximum absolute atomic E-state index is 10.8. The fourth-order valence-electron chi connectivity index (χ4n) is 2.99. The van der Waals surface area contributed by atoms with Gasteiger partial charge in [-0.15, -0.1) is 0 Å². The molecule has 0 radical (unpaired) electrons. The zero-order valence-corrected chi connectivity index (χ0v) is 15.3. The van der Waals surface area contributed by atoms with E-state index in [0.29, 0.717) is 6.61 Å². The van der Waals surface area contributed by atoms with Gasteiger partial charge in [0, 0.05) is 12.0 Å². The maximum atomic E-state index is 10.8. The lowest BCUT2D eigenvalue weighted by Crippen LogP contribution is -2.57. The van der Waals surface area contributed by atoms with Gasteiger partial charge in [-0.25, -0.2) is 0 Å². The monoisotopic (exact) mass is 360 g/mol. The van der Waals surface area contributed by atoms with Crippen LogP contribution < -0.4 is 0 Å². The average Bonchev–Trinajstić information content (AvgIpc) is 2.63. The first-order valence-electron chi connectivity index (χ1n) is 8.42. The van der Waals surface area contributed by atoms with Gasteiger partial charge in [0.25, 0.3) is 0 Å². The molecular formula is C20H24O4S. The van der Waals surface area contributed by atoms with E-state index in [1.165, 1.54) is 0 Å². The molecule has 0 unspecified atom stereocenters. The third-order valence-corrected chi connectivity index (χ3v) is 5.46. The maximum Gasteiger partial charge on any atom is 0.136 e. The second-order valence-corrected chi connectivity index (χ2v) is 7.26. The summed E-state index contributed by atoms with van der Waals surface area (Å²) in [4.78, 5) is 1.08. The average molecular weight is 360 g/mol. The van der Waals surface area contributed by atoms with E-state index in [-0.39, 0.29) is 11.5 Å². The Morgan fingerprint density at radius 3 is 2.28 bits per heavy atom. The van der Waals surface area contributed by atoms with E-state index in [2.05, 4.69) is 0 Å². The highest BCUT2D eigenvalue weighted by Crippen LogP contribution is 2.35. The number of aliphatic hydroxyl groups excluding tert-OH is 1. The number of methoxy groups -OCH3 is 1. The second kappa shape index (κ2) is 8.83. The summed E-state index contributed by atoms with van der Waals surface area (Å²) in [6.45, 7) is 2.34. The molecule has 4 nitrogen and oxygen atoms in total. The Bertz CT molecular complexity index is 637. The molecule has 0 aliphatic carbocycles. The van der Waals surface area contributed by atoms with Gasteiger partial charge in [-0.3, -0.25) is 0 Å². The van der Waals surface area contributed by atoms with Crippen molar-refractivity contribution >= 4 is 11.8 Å². The van der Waals surface area contributed by atoms with Gasteiger partial charge >= 0.3 is 0 Å². The lowest BCUT2D eigenvalue weighted by Gasteiger charge is -2.42. The first-order valence-corrected chi connectivity index (χ1v) is 9.30. The van der Waals surface area contributed by atoms with Crippen LogP contribution in [-0.2, 0) is 20.8 Å². The van der Waals surface area contributed by atoms with Crippen molar-refractivity contribution in [1.29, 1.82) is 0 Å². The van der Waals surface area contributed by atoms with Gasteiger partial charge in [0.2, 0.25) is 0 Å². The van der Waals surface area contributed by atoms with Crippen LogP contribution in [-0.4, -0.2) is 42.1 Å². The Labute approximate surface area is 153 Å². The Hall–Kier alpha value is -1.37. The van der Waals surface area contributed by atoms with E-state index in [0.717, 1.165) is 10.5 Å². The molecule has 134 valence electrons. The number of hydrogen-bond donors (Lipinski definition) is 1. The van der Waals surface area contributed by atoms with Gasteiger partial charge in [-0.05, 0) is 24.6 Å². The summed E-state index contributed by atoms with van der Waals surface area (Å²) in [7, 11) is 1.59. The molecular weight excluding hydrogens is 336 g/mol. The summed E-state index contributed by atoms with van der Waals surface area (Å²) in [5.41, 5.74) is 0.758. The van der Waals surface area contributed by atoms with Crippen LogP contribution in [0.25, 0.3) is 0 Å². The Morgan fingerprint density at radius 1 is 1.00 bits per heavy atom. The van der Waals surface area contributed by atoms with Gasteiger partial charge in [0.1, 0.15) is 23.7 Å². The minimum absolute atomic E-state index is 0.210. The molecule has 2 aromatic carbocycles. The highest BCUT2D eigenvalue weighted by Gasteiger charge is 2.44. The fraction of sp³-hybridized carbons (Fsp3) is 0.400. The zero-order valence-electron chi connectivity index (χ0n) is 14.4. The van der Waals surface area contributed by atoms with Crippen molar-refractivity contribution in [3.8, 4) is 0 Å². The van der Waals surface area contributed by atoms with Crippen LogP contribution >= 0.6 is 11.8 Å². The topological polar surface area (TPSA) is 47.9 Å². The van der Waals surface area contributed by atoms with E-state index < -0.39 is 18.3 Å². The smallest absolute Gasteiger partial charge is 0.136 e. The fourth-order valence-corrected chi connectivity index (χ4v) is 4.18. The largest absolute Gasteiger partial charge is 0.387 e. The summed E-state index contributed by atoms with van der Waals surface area (Å²) in [6, 6.07) is 19.9. The van der Waals surface area contributed by atoms with Crippen molar-refractivity contribution < 1.29 is 19.3 Å². The van der Waals surface area contributed by atoms with E-state index in [1.54, 1.807) is 18.9 Å². The molecule has 1 fully saturated rings. The van der Waals surface area contributed by atoms with Gasteiger partial charge < -0.3 is 19.3 Å². The molecule has 5 heteroatoms. The molecule has 1 aliphatic heterocycles. The summed E-state index contributed by atoms with van der Waals surface area (Å²) >= 11 is 1.57. The molecule has 0 bridgehead atoms. The molecule has 0 aromatic heterocycles. The SMILES string of the molecule is CO[C@@H]1[C@@H](O)[C@@H](OCc2ccccc2)[C@H](Sc2ccccc2)O[C@H]1C. The van der Waals surface area contributed by atoms with Crippen LogP contribution in [0.15, 0.2) is 65.6 Å². The Morgan fingerprint density at radius 2 is 1.64 bits per heavy atom. The third-order valence-electron chi connectivity index (χ3n) is 4.31. The van der Waals surface area contributed by atoms with E-state index >= 15 is 0 Å². The highest BCUT2D eigenvalue weighted by atomic mass is 32.2. The van der Waals surface area contributed by atoms with Gasteiger partial charge in [-0.2, -0.15) is 0 Å². The molecule has 1 heterocycles. The summed E-state index contributed by atoms with van der Waals surface area (Å²) in [5, 5.41) is 10.8. The Kier molecular flexibility index (Phi) is 6.51. The first-order chi connectivity index (χ1) is 12.2. The lowest BCUT2D eigenvalue weighted by atomic mass is 10.0. The standard InChI is InChI=1S/C20H24O4S/c1-14-18(22-2)17(21)19(23-13-15-9-5-3-6-10-15)20(24-14)25-16-11-7-4-8-12-16/h3-12,14,17-21H,13H2,1-2H3/t14-,17+,18-,19+,20-/m0/s1. The number of thioether (sulfide) groups is 1. The number of hydrogen-bond acceptors (Lipinski definition) is 5. The van der Waals surface area contributed by atoms with Crippen molar-refractivity contribution in [2.75, 3.05) is 7.11 Å². The van der Waals surface area contributed by atoms with Crippen molar-refractivity contribution in [3.05, 3.63) is 66.2 Å². The molecule has 1 saturated heterocycles. The van der Waals surface area contributed by atoms with Crippen LogP contribution in [0, 0.1) is 0 Å². The van der Waals surface area contributed by atoms with Crippen molar-refractivity contribution in [3.63, 3.8) is 0 Å². The molecule has 1 N–H and O–H groups in total. The van der Waals surface area contributed by atoms with Crippen LogP contribution in [0.2, 0.25) is 0 Å². The van der Waals surface area contributed by atoms with E-state index in [9.17, 15) is 5.11 Å². The number of aliphatic hydroxyl groups is 1. The molecule has 1 aliphatic rings. The zero-order chi connectivity index (χ0) is 17.6. The molecule has 0 spiro atoms. The minimum Gasteiger partial charge on any atom is -0.387 e. The van der Waals surface area contributed by atoms with Crippen molar-refractivity contribution in [1.82, 2.24) is 0 Å². The van der Waals surface area contributed by atoms with Crippen molar-refractivity contribution in [2.45, 2.75) is 48.3 Å². The third kappa shape index (κ3) is 4.63. The van der Waals surface area contributed by atoms with Crippen molar-refractivity contribution in [2.24, 2.45) is 0 Å². The van der Waals surface area contributed by atoms with Crippen LogP contribution in [0.5, 0.6) is 0 Å². The lowest BCUT2D eigenvalue weighted by molar-refractivity contribution is -0.217. The molecule has 5 atom stereocenters. The van der Waals surface area contributed by atoms with Crippen LogP contribution in [0.1, 0.15) is 12.5 Å². The minimum atomic E-state index is -0.751. The second-order valence-electron chi connectivity index (χ2n) is 6.09. The van der Waals surface area contributed by atoms with Crippen LogP contribution in [0.3, 0.4) is 0 Å². The first kappa shape index (κ1) is 18.4. The summed E-state index contributed by atoms with van der Waals surface area (Å²) < 4.78 is 17.6. The van der Waals surface area contributed by atoms with Gasteiger partial charge in [0.05, 0.1) is 12.7 Å². The highest BCUT2D eigenvalue weighted by molar-refractivity contribution is 7.99. The summed E-state index contributed by atoms with van der Waals surface area (Å²) in [5.74, 6) is 0. The number of rotatable bonds is 6. The molecule has 0 amide bonds.